The zero-order valence-corrected chi connectivity index (χ0v) is 9.73. The highest BCUT2D eigenvalue weighted by Crippen LogP contribution is 2.36. The molecular formula is C9H20NO4P. The maximum atomic E-state index is 10.4. The normalized spacial score (nSPS) is 20.7. The molecule has 0 heterocycles. The van der Waals surface area contributed by atoms with Crippen molar-refractivity contribution in [3.63, 3.8) is 0 Å². The number of rotatable bonds is 6. The predicted molar refractivity (Wildman–Crippen MR) is 57.2 cm³/mol. The molecule has 1 unspecified atom stereocenters. The van der Waals surface area contributed by atoms with Gasteiger partial charge >= 0.3 is 7.82 Å². The average Bonchev–Trinajstić information content (AvgIpc) is 2.54. The zero-order chi connectivity index (χ0) is 11.3. The second-order valence-corrected chi connectivity index (χ2v) is 5.50. The standard InChI is InChI=1S/C9H20NO4P/c10-9(5-6-14-15(11,12)13)7-8-3-1-2-4-8/h8-9H,1-7,10H2,(H2,11,12,13). The second-order valence-electron chi connectivity index (χ2n) is 4.26. The molecule has 0 aliphatic heterocycles. The summed E-state index contributed by atoms with van der Waals surface area (Å²) in [5, 5.41) is 0. The van der Waals surface area contributed by atoms with Crippen LogP contribution in [0.15, 0.2) is 0 Å². The molecule has 1 aliphatic carbocycles. The van der Waals surface area contributed by atoms with Gasteiger partial charge in [-0.05, 0) is 18.8 Å². The van der Waals surface area contributed by atoms with Crippen molar-refractivity contribution < 1.29 is 18.9 Å². The van der Waals surface area contributed by atoms with Gasteiger partial charge in [0.1, 0.15) is 0 Å². The van der Waals surface area contributed by atoms with Crippen molar-refractivity contribution in [2.24, 2.45) is 11.7 Å². The summed E-state index contributed by atoms with van der Waals surface area (Å²) in [7, 11) is -4.31. The van der Waals surface area contributed by atoms with E-state index in [1.54, 1.807) is 0 Å². The summed E-state index contributed by atoms with van der Waals surface area (Å²) in [6, 6.07) is -0.000324. The Morgan fingerprint density at radius 2 is 2.00 bits per heavy atom. The Morgan fingerprint density at radius 1 is 1.40 bits per heavy atom. The van der Waals surface area contributed by atoms with Gasteiger partial charge in [-0.2, -0.15) is 0 Å². The molecule has 0 amide bonds. The van der Waals surface area contributed by atoms with Gasteiger partial charge in [0.05, 0.1) is 6.61 Å². The summed E-state index contributed by atoms with van der Waals surface area (Å²) >= 11 is 0. The molecule has 90 valence electrons. The fourth-order valence-corrected chi connectivity index (χ4v) is 2.46. The molecule has 1 rings (SSSR count). The second kappa shape index (κ2) is 5.97. The third-order valence-electron chi connectivity index (χ3n) is 2.86. The van der Waals surface area contributed by atoms with Gasteiger partial charge in [0.25, 0.3) is 0 Å². The van der Waals surface area contributed by atoms with Gasteiger partial charge in [-0.3, -0.25) is 4.52 Å². The molecule has 6 heteroatoms. The molecule has 1 saturated carbocycles. The molecule has 1 atom stereocenters. The van der Waals surface area contributed by atoms with Crippen LogP contribution in [0.5, 0.6) is 0 Å². The van der Waals surface area contributed by atoms with Crippen LogP contribution >= 0.6 is 7.82 Å². The lowest BCUT2D eigenvalue weighted by atomic mass is 9.97. The summed E-state index contributed by atoms with van der Waals surface area (Å²) in [6.07, 6.45) is 6.53. The van der Waals surface area contributed by atoms with Crippen LogP contribution in [0.4, 0.5) is 0 Å². The SMILES string of the molecule is NC(CCOP(=O)(O)O)CC1CCCC1. The third kappa shape index (κ3) is 6.28. The van der Waals surface area contributed by atoms with E-state index < -0.39 is 7.82 Å². The number of nitrogens with two attached hydrogens (primary N) is 1. The van der Waals surface area contributed by atoms with Crippen molar-refractivity contribution >= 4 is 7.82 Å². The van der Waals surface area contributed by atoms with E-state index in [2.05, 4.69) is 4.52 Å². The first-order valence-corrected chi connectivity index (χ1v) is 6.96. The minimum atomic E-state index is -4.31. The molecule has 15 heavy (non-hydrogen) atoms. The smallest absolute Gasteiger partial charge is 0.328 e. The molecule has 0 radical (unpaired) electrons. The van der Waals surface area contributed by atoms with Crippen molar-refractivity contribution in [1.82, 2.24) is 0 Å². The summed E-state index contributed by atoms with van der Waals surface area (Å²) in [6.45, 7) is 0.0398. The Morgan fingerprint density at radius 3 is 2.53 bits per heavy atom. The van der Waals surface area contributed by atoms with Crippen LogP contribution in [0.2, 0.25) is 0 Å². The maximum absolute atomic E-state index is 10.4. The van der Waals surface area contributed by atoms with E-state index in [1.807, 2.05) is 0 Å². The monoisotopic (exact) mass is 237 g/mol. The lowest BCUT2D eigenvalue weighted by Gasteiger charge is -2.16. The lowest BCUT2D eigenvalue weighted by Crippen LogP contribution is -2.24. The summed E-state index contributed by atoms with van der Waals surface area (Å²) in [4.78, 5) is 16.9. The molecule has 1 aliphatic rings. The van der Waals surface area contributed by atoms with Crippen LogP contribution in [-0.4, -0.2) is 22.4 Å². The maximum Gasteiger partial charge on any atom is 0.469 e. The molecule has 4 N–H and O–H groups in total. The number of hydrogen-bond acceptors (Lipinski definition) is 3. The minimum Gasteiger partial charge on any atom is -0.328 e. The molecule has 1 fully saturated rings. The number of hydrogen-bond donors (Lipinski definition) is 3. The van der Waals surface area contributed by atoms with Crippen LogP contribution < -0.4 is 5.73 Å². The fourth-order valence-electron chi connectivity index (χ4n) is 2.12. The molecule has 0 aromatic carbocycles. The van der Waals surface area contributed by atoms with E-state index >= 15 is 0 Å². The molecule has 0 saturated heterocycles. The van der Waals surface area contributed by atoms with Crippen LogP contribution in [-0.2, 0) is 9.09 Å². The highest BCUT2D eigenvalue weighted by molar-refractivity contribution is 7.46. The van der Waals surface area contributed by atoms with Gasteiger partial charge in [-0.1, -0.05) is 25.7 Å². The Labute approximate surface area is 90.2 Å². The lowest BCUT2D eigenvalue weighted by molar-refractivity contribution is 0.188. The van der Waals surface area contributed by atoms with E-state index in [-0.39, 0.29) is 12.6 Å². The minimum absolute atomic E-state index is 0.000324. The molecule has 0 bridgehead atoms. The molecule has 0 spiro atoms. The Kier molecular flexibility index (Phi) is 5.23. The van der Waals surface area contributed by atoms with E-state index in [1.165, 1.54) is 25.7 Å². The van der Waals surface area contributed by atoms with Crippen molar-refractivity contribution in [3.05, 3.63) is 0 Å². The zero-order valence-electron chi connectivity index (χ0n) is 8.84. The molecular weight excluding hydrogens is 217 g/mol. The molecule has 0 aromatic rings. The summed E-state index contributed by atoms with van der Waals surface area (Å²) < 4.78 is 14.7. The molecule has 0 aromatic heterocycles. The van der Waals surface area contributed by atoms with Crippen molar-refractivity contribution in [2.45, 2.75) is 44.6 Å². The van der Waals surface area contributed by atoms with Gasteiger partial charge in [-0.15, -0.1) is 0 Å². The van der Waals surface area contributed by atoms with Crippen molar-refractivity contribution in [1.29, 1.82) is 0 Å². The third-order valence-corrected chi connectivity index (χ3v) is 3.38. The average molecular weight is 237 g/mol. The van der Waals surface area contributed by atoms with Crippen LogP contribution in [0, 0.1) is 5.92 Å². The van der Waals surface area contributed by atoms with E-state index in [9.17, 15) is 4.57 Å². The number of phosphoric ester groups is 1. The summed E-state index contributed by atoms with van der Waals surface area (Å²) in [5.41, 5.74) is 5.85. The van der Waals surface area contributed by atoms with Gasteiger partial charge in [0.15, 0.2) is 0 Å². The van der Waals surface area contributed by atoms with Crippen LogP contribution in [0.25, 0.3) is 0 Å². The highest BCUT2D eigenvalue weighted by Gasteiger charge is 2.19. The van der Waals surface area contributed by atoms with Crippen LogP contribution in [0.1, 0.15) is 38.5 Å². The largest absolute Gasteiger partial charge is 0.469 e. The van der Waals surface area contributed by atoms with Crippen molar-refractivity contribution in [3.8, 4) is 0 Å². The summed E-state index contributed by atoms with van der Waals surface area (Å²) in [5.74, 6) is 0.704. The Balaban J connectivity index is 2.07. The Hall–Kier alpha value is 0.0700. The quantitative estimate of drug-likeness (QED) is 0.607. The van der Waals surface area contributed by atoms with Gasteiger partial charge in [0.2, 0.25) is 0 Å². The first-order valence-electron chi connectivity index (χ1n) is 5.43. The van der Waals surface area contributed by atoms with Crippen molar-refractivity contribution in [2.75, 3.05) is 6.61 Å². The van der Waals surface area contributed by atoms with E-state index in [4.69, 9.17) is 15.5 Å². The highest BCUT2D eigenvalue weighted by atomic mass is 31.2. The van der Waals surface area contributed by atoms with Gasteiger partial charge in [-0.25, -0.2) is 4.57 Å². The van der Waals surface area contributed by atoms with Gasteiger partial charge in [0, 0.05) is 6.04 Å². The van der Waals surface area contributed by atoms with Crippen LogP contribution in [0.3, 0.4) is 0 Å². The van der Waals surface area contributed by atoms with Gasteiger partial charge < -0.3 is 15.5 Å². The first kappa shape index (κ1) is 13.1. The first-order chi connectivity index (χ1) is 6.97. The van der Waals surface area contributed by atoms with E-state index in [0.717, 1.165) is 6.42 Å². The predicted octanol–water partition coefficient (Wildman–Crippen LogP) is 1.39. The number of phosphoric acid groups is 1. The Bertz CT molecular complexity index is 224. The fraction of sp³-hybridized carbons (Fsp3) is 1.00. The van der Waals surface area contributed by atoms with E-state index in [0.29, 0.717) is 12.3 Å². The molecule has 5 nitrogen and oxygen atoms in total. The topological polar surface area (TPSA) is 92.8 Å².